The molecule has 0 unspecified atom stereocenters. The molecule has 1 rings (SSSR count). The second-order valence-corrected chi connectivity index (χ2v) is 5.47. The molecule has 6 heteroatoms. The van der Waals surface area contributed by atoms with Gasteiger partial charge in [0.25, 0.3) is 10.0 Å². The van der Waals surface area contributed by atoms with Crippen LogP contribution in [0, 0.1) is 0 Å². The van der Waals surface area contributed by atoms with Crippen molar-refractivity contribution in [2.45, 2.75) is 13.8 Å². The molecule has 0 heterocycles. The third-order valence-corrected chi connectivity index (χ3v) is 4.09. The highest BCUT2D eigenvalue weighted by molar-refractivity contribution is 7.94. The molecule has 0 fully saturated rings. The van der Waals surface area contributed by atoms with Crippen molar-refractivity contribution in [2.75, 3.05) is 7.11 Å². The maximum absolute atomic E-state index is 11.8. The zero-order valence-electron chi connectivity index (χ0n) is 10.4. The van der Waals surface area contributed by atoms with Crippen molar-refractivity contribution in [2.24, 2.45) is 0 Å². The van der Waals surface area contributed by atoms with E-state index in [2.05, 4.69) is 4.74 Å². The van der Waals surface area contributed by atoms with Crippen LogP contribution in [0.25, 0.3) is 5.57 Å². The molecule has 0 bridgehead atoms. The van der Waals surface area contributed by atoms with Crippen molar-refractivity contribution >= 4 is 21.7 Å². The van der Waals surface area contributed by atoms with Gasteiger partial charge in [0.2, 0.25) is 0 Å². The maximum atomic E-state index is 11.8. The number of carbonyl (C=O) groups is 1. The molecule has 0 aliphatic rings. The summed E-state index contributed by atoms with van der Waals surface area (Å²) in [6.45, 7) is 3.12. The summed E-state index contributed by atoms with van der Waals surface area (Å²) in [6, 6.07) is 9.06. The maximum Gasteiger partial charge on any atom is 0.420 e. The summed E-state index contributed by atoms with van der Waals surface area (Å²) in [5, 5.41) is 0. The van der Waals surface area contributed by atoms with Crippen molar-refractivity contribution in [3.8, 4) is 0 Å². The van der Waals surface area contributed by atoms with Crippen LogP contribution in [-0.4, -0.2) is 21.6 Å². The lowest BCUT2D eigenvalue weighted by Gasteiger charge is -2.10. The molecule has 0 saturated heterocycles. The highest BCUT2D eigenvalue weighted by Crippen LogP contribution is 2.20. The summed E-state index contributed by atoms with van der Waals surface area (Å²) in [5.41, 5.74) is 1.36. The Balaban J connectivity index is 3.12. The highest BCUT2D eigenvalue weighted by atomic mass is 32.2. The van der Waals surface area contributed by atoms with E-state index in [1.165, 1.54) is 6.92 Å². The van der Waals surface area contributed by atoms with Crippen LogP contribution in [0.2, 0.25) is 0 Å². The number of nitrogens with one attached hydrogen (secondary N) is 1. The summed E-state index contributed by atoms with van der Waals surface area (Å²) in [4.78, 5) is 11.0. The van der Waals surface area contributed by atoms with Gasteiger partial charge in [-0.25, -0.2) is 17.9 Å². The predicted octanol–water partition coefficient (Wildman–Crippen LogP) is 2.12. The van der Waals surface area contributed by atoms with Gasteiger partial charge in [0, 0.05) is 0 Å². The van der Waals surface area contributed by atoms with Crippen molar-refractivity contribution < 1.29 is 17.9 Å². The topological polar surface area (TPSA) is 72.5 Å². The molecule has 98 valence electrons. The Hall–Kier alpha value is -1.82. The largest absolute Gasteiger partial charge is 0.452 e. The van der Waals surface area contributed by atoms with E-state index < -0.39 is 16.1 Å². The Bertz CT molecular complexity index is 561. The van der Waals surface area contributed by atoms with E-state index in [0.29, 0.717) is 5.57 Å². The number of benzene rings is 1. The third kappa shape index (κ3) is 3.33. The molecule has 18 heavy (non-hydrogen) atoms. The van der Waals surface area contributed by atoms with E-state index >= 15 is 0 Å². The van der Waals surface area contributed by atoms with Gasteiger partial charge in [-0.3, -0.25) is 0 Å². The Kier molecular flexibility index (Phi) is 4.49. The number of hydrogen-bond donors (Lipinski definition) is 1. The number of carbonyl (C=O) groups excluding carboxylic acids is 1. The minimum absolute atomic E-state index is 0.0825. The van der Waals surface area contributed by atoms with Crippen LogP contribution < -0.4 is 4.72 Å². The molecule has 0 aromatic heterocycles. The van der Waals surface area contributed by atoms with Crippen molar-refractivity contribution in [3.63, 3.8) is 0 Å². The lowest BCUT2D eigenvalue weighted by atomic mass is 10.1. The van der Waals surface area contributed by atoms with Crippen LogP contribution in [0.5, 0.6) is 0 Å². The first kappa shape index (κ1) is 14.2. The standard InChI is InChI=1S/C12H15NO4S/c1-9(11-7-5-4-6-8-11)10(2)18(15,16)13-12(14)17-3/h4-8H,1-3H3,(H,13,14)/b10-9-. The van der Waals surface area contributed by atoms with Crippen LogP contribution in [0.15, 0.2) is 35.2 Å². The summed E-state index contributed by atoms with van der Waals surface area (Å²) in [6.07, 6.45) is -1.00. The molecule has 1 N–H and O–H groups in total. The SMILES string of the molecule is COC(=O)NS(=O)(=O)/C(C)=C(/C)c1ccccc1. The normalized spacial score (nSPS) is 12.6. The van der Waals surface area contributed by atoms with Gasteiger partial charge in [0.05, 0.1) is 12.0 Å². The molecular formula is C12H15NO4S. The molecule has 0 aliphatic heterocycles. The Labute approximate surface area is 107 Å². The molecule has 5 nitrogen and oxygen atoms in total. The molecule has 0 atom stereocenters. The quantitative estimate of drug-likeness (QED) is 0.912. The second-order valence-electron chi connectivity index (χ2n) is 3.64. The fourth-order valence-electron chi connectivity index (χ4n) is 1.32. The first-order chi connectivity index (χ1) is 8.38. The average Bonchev–Trinajstić information content (AvgIpc) is 2.37. The number of amides is 1. The number of sulfonamides is 1. The first-order valence-corrected chi connectivity index (χ1v) is 6.70. The van der Waals surface area contributed by atoms with Crippen LogP contribution in [-0.2, 0) is 14.8 Å². The van der Waals surface area contributed by atoms with Gasteiger partial charge in [-0.2, -0.15) is 0 Å². The minimum Gasteiger partial charge on any atom is -0.452 e. The smallest absolute Gasteiger partial charge is 0.420 e. The monoisotopic (exact) mass is 269 g/mol. The predicted molar refractivity (Wildman–Crippen MR) is 69.2 cm³/mol. The van der Waals surface area contributed by atoms with Crippen LogP contribution in [0.1, 0.15) is 19.4 Å². The van der Waals surface area contributed by atoms with Gasteiger partial charge in [-0.1, -0.05) is 30.3 Å². The van der Waals surface area contributed by atoms with Crippen LogP contribution in [0.4, 0.5) is 4.79 Å². The minimum atomic E-state index is -3.86. The zero-order chi connectivity index (χ0) is 13.8. The lowest BCUT2D eigenvalue weighted by Crippen LogP contribution is -2.31. The van der Waals surface area contributed by atoms with E-state index in [-0.39, 0.29) is 4.91 Å². The highest BCUT2D eigenvalue weighted by Gasteiger charge is 2.19. The molecule has 0 saturated carbocycles. The van der Waals surface area contributed by atoms with Gasteiger partial charge >= 0.3 is 6.09 Å². The molecule has 0 radical (unpaired) electrons. The van der Waals surface area contributed by atoms with Crippen molar-refractivity contribution in [3.05, 3.63) is 40.8 Å². The van der Waals surface area contributed by atoms with Crippen molar-refractivity contribution in [1.29, 1.82) is 0 Å². The van der Waals surface area contributed by atoms with E-state index in [1.807, 2.05) is 22.9 Å². The van der Waals surface area contributed by atoms with E-state index in [1.54, 1.807) is 19.1 Å². The summed E-state index contributed by atoms with van der Waals surface area (Å²) >= 11 is 0. The molecule has 1 aromatic carbocycles. The van der Waals surface area contributed by atoms with Crippen molar-refractivity contribution in [1.82, 2.24) is 4.72 Å². The molecule has 0 aliphatic carbocycles. The Morgan fingerprint density at radius 1 is 1.17 bits per heavy atom. The molecular weight excluding hydrogens is 254 g/mol. The van der Waals surface area contributed by atoms with Crippen LogP contribution in [0.3, 0.4) is 0 Å². The average molecular weight is 269 g/mol. The second kappa shape index (κ2) is 5.68. The lowest BCUT2D eigenvalue weighted by molar-refractivity contribution is 0.178. The summed E-state index contributed by atoms with van der Waals surface area (Å²) in [7, 11) is -2.76. The number of methoxy groups -OCH3 is 1. The van der Waals surface area contributed by atoms with Gasteiger partial charge in [0.1, 0.15) is 0 Å². The summed E-state index contributed by atoms with van der Waals surface area (Å²) in [5.74, 6) is 0. The van der Waals surface area contributed by atoms with E-state index in [0.717, 1.165) is 12.7 Å². The Morgan fingerprint density at radius 3 is 2.22 bits per heavy atom. The first-order valence-electron chi connectivity index (χ1n) is 5.22. The fraction of sp³-hybridized carbons (Fsp3) is 0.250. The number of allylic oxidation sites excluding steroid dienone is 2. The molecule has 1 amide bonds. The number of hydrogen-bond acceptors (Lipinski definition) is 4. The number of rotatable bonds is 3. The summed E-state index contributed by atoms with van der Waals surface area (Å²) < 4.78 is 29.8. The zero-order valence-corrected chi connectivity index (χ0v) is 11.2. The Morgan fingerprint density at radius 2 is 1.72 bits per heavy atom. The van der Waals surface area contributed by atoms with Gasteiger partial charge in [0.15, 0.2) is 0 Å². The van der Waals surface area contributed by atoms with E-state index in [4.69, 9.17) is 0 Å². The third-order valence-electron chi connectivity index (χ3n) is 2.54. The molecule has 0 spiro atoms. The van der Waals surface area contributed by atoms with Gasteiger partial charge in [-0.05, 0) is 25.0 Å². The van der Waals surface area contributed by atoms with Gasteiger partial charge in [-0.15, -0.1) is 0 Å². The molecule has 1 aromatic rings. The van der Waals surface area contributed by atoms with E-state index in [9.17, 15) is 13.2 Å². The van der Waals surface area contributed by atoms with Gasteiger partial charge < -0.3 is 4.74 Å². The fourth-order valence-corrected chi connectivity index (χ4v) is 2.30. The number of ether oxygens (including phenoxy) is 1. The van der Waals surface area contributed by atoms with Crippen LogP contribution >= 0.6 is 0 Å².